The Labute approximate surface area is 126 Å². The van der Waals surface area contributed by atoms with Crippen molar-refractivity contribution in [2.24, 2.45) is 0 Å². The summed E-state index contributed by atoms with van der Waals surface area (Å²) in [6.45, 7) is 5.19. The van der Waals surface area contributed by atoms with Crippen LogP contribution in [-0.2, 0) is 6.42 Å². The van der Waals surface area contributed by atoms with Gasteiger partial charge in [0.05, 0.1) is 0 Å². The molecule has 110 valence electrons. The molecule has 21 heavy (non-hydrogen) atoms. The van der Waals surface area contributed by atoms with Crippen LogP contribution in [0.2, 0.25) is 0 Å². The van der Waals surface area contributed by atoms with Gasteiger partial charge >= 0.3 is 0 Å². The van der Waals surface area contributed by atoms with Gasteiger partial charge in [0, 0.05) is 29.7 Å². The third kappa shape index (κ3) is 3.10. The molecule has 2 heterocycles. The van der Waals surface area contributed by atoms with E-state index in [1.165, 1.54) is 36.1 Å². The SMILES string of the molecule is CCNC1CCCCc2nc(-c3cc(C)ccn3)ncc21. The lowest BCUT2D eigenvalue weighted by Crippen LogP contribution is -2.21. The Morgan fingerprint density at radius 3 is 3.00 bits per heavy atom. The van der Waals surface area contributed by atoms with Gasteiger partial charge in [0.15, 0.2) is 5.82 Å². The molecule has 4 heteroatoms. The number of aromatic nitrogens is 3. The normalized spacial score (nSPS) is 18.1. The molecule has 1 atom stereocenters. The van der Waals surface area contributed by atoms with Crippen molar-refractivity contribution < 1.29 is 0 Å². The number of hydrogen-bond acceptors (Lipinski definition) is 4. The van der Waals surface area contributed by atoms with Crippen LogP contribution in [0.3, 0.4) is 0 Å². The Balaban J connectivity index is 1.98. The average Bonchev–Trinajstić information content (AvgIpc) is 2.70. The van der Waals surface area contributed by atoms with Crippen LogP contribution in [0, 0.1) is 6.92 Å². The molecule has 0 bridgehead atoms. The monoisotopic (exact) mass is 282 g/mol. The molecule has 1 aliphatic rings. The molecule has 0 aliphatic heterocycles. The van der Waals surface area contributed by atoms with Crippen molar-refractivity contribution >= 4 is 0 Å². The lowest BCUT2D eigenvalue weighted by Gasteiger charge is -2.17. The van der Waals surface area contributed by atoms with Gasteiger partial charge in [0.25, 0.3) is 0 Å². The van der Waals surface area contributed by atoms with Crippen LogP contribution in [0.15, 0.2) is 24.5 Å². The van der Waals surface area contributed by atoms with E-state index in [1.807, 2.05) is 24.5 Å². The van der Waals surface area contributed by atoms with Gasteiger partial charge in [-0.05, 0) is 50.4 Å². The maximum atomic E-state index is 4.80. The van der Waals surface area contributed by atoms with Gasteiger partial charge in [-0.3, -0.25) is 4.98 Å². The van der Waals surface area contributed by atoms with E-state index in [-0.39, 0.29) is 0 Å². The van der Waals surface area contributed by atoms with Crippen LogP contribution < -0.4 is 5.32 Å². The van der Waals surface area contributed by atoms with E-state index in [1.54, 1.807) is 0 Å². The molecule has 2 aromatic rings. The predicted octanol–water partition coefficient (Wildman–Crippen LogP) is 3.22. The fourth-order valence-electron chi connectivity index (χ4n) is 2.95. The van der Waals surface area contributed by atoms with E-state index in [2.05, 4.69) is 29.1 Å². The fraction of sp³-hybridized carbons (Fsp3) is 0.471. The third-order valence-corrected chi connectivity index (χ3v) is 4.03. The van der Waals surface area contributed by atoms with Gasteiger partial charge in [-0.1, -0.05) is 13.3 Å². The molecular weight excluding hydrogens is 260 g/mol. The molecule has 1 unspecified atom stereocenters. The van der Waals surface area contributed by atoms with Gasteiger partial charge in [0.2, 0.25) is 0 Å². The van der Waals surface area contributed by atoms with Gasteiger partial charge in [-0.25, -0.2) is 9.97 Å². The Morgan fingerprint density at radius 2 is 2.19 bits per heavy atom. The number of hydrogen-bond donors (Lipinski definition) is 1. The van der Waals surface area contributed by atoms with E-state index >= 15 is 0 Å². The highest BCUT2D eigenvalue weighted by Crippen LogP contribution is 2.28. The van der Waals surface area contributed by atoms with Crippen molar-refractivity contribution in [3.8, 4) is 11.5 Å². The topological polar surface area (TPSA) is 50.7 Å². The molecule has 0 fully saturated rings. The zero-order valence-corrected chi connectivity index (χ0v) is 12.8. The summed E-state index contributed by atoms with van der Waals surface area (Å²) < 4.78 is 0. The van der Waals surface area contributed by atoms with Crippen molar-refractivity contribution in [2.45, 2.75) is 45.6 Å². The average molecular weight is 282 g/mol. The molecule has 1 aliphatic carbocycles. The number of pyridine rings is 1. The first kappa shape index (κ1) is 14.1. The summed E-state index contributed by atoms with van der Waals surface area (Å²) in [6.07, 6.45) is 8.48. The van der Waals surface area contributed by atoms with Crippen molar-refractivity contribution in [3.63, 3.8) is 0 Å². The quantitative estimate of drug-likeness (QED) is 0.878. The van der Waals surface area contributed by atoms with Crippen LogP contribution in [0.1, 0.15) is 49.0 Å². The smallest absolute Gasteiger partial charge is 0.178 e. The van der Waals surface area contributed by atoms with Crippen LogP contribution in [-0.4, -0.2) is 21.5 Å². The van der Waals surface area contributed by atoms with Gasteiger partial charge in [-0.2, -0.15) is 0 Å². The summed E-state index contributed by atoms with van der Waals surface area (Å²) in [6, 6.07) is 4.43. The van der Waals surface area contributed by atoms with Crippen molar-refractivity contribution in [3.05, 3.63) is 41.3 Å². The van der Waals surface area contributed by atoms with Gasteiger partial charge < -0.3 is 5.32 Å². The molecule has 0 spiro atoms. The van der Waals surface area contributed by atoms with Crippen molar-refractivity contribution in [2.75, 3.05) is 6.54 Å². The molecule has 3 rings (SSSR count). The Kier molecular flexibility index (Phi) is 4.25. The van der Waals surface area contributed by atoms with Gasteiger partial charge in [0.1, 0.15) is 5.69 Å². The predicted molar refractivity (Wildman–Crippen MR) is 84.0 cm³/mol. The zero-order valence-electron chi connectivity index (χ0n) is 12.8. The van der Waals surface area contributed by atoms with E-state index in [0.29, 0.717) is 6.04 Å². The zero-order chi connectivity index (χ0) is 14.7. The van der Waals surface area contributed by atoms with E-state index in [4.69, 9.17) is 4.98 Å². The number of nitrogens with one attached hydrogen (secondary N) is 1. The minimum Gasteiger partial charge on any atom is -0.310 e. The second kappa shape index (κ2) is 6.31. The number of aryl methyl sites for hydroxylation is 2. The summed E-state index contributed by atoms with van der Waals surface area (Å²) in [5.74, 6) is 0.745. The Bertz CT molecular complexity index is 624. The highest BCUT2D eigenvalue weighted by atomic mass is 15.0. The third-order valence-electron chi connectivity index (χ3n) is 4.03. The first-order valence-corrected chi connectivity index (χ1v) is 7.80. The second-order valence-electron chi connectivity index (χ2n) is 5.67. The van der Waals surface area contributed by atoms with Crippen LogP contribution in [0.4, 0.5) is 0 Å². The van der Waals surface area contributed by atoms with Crippen LogP contribution >= 0.6 is 0 Å². The first-order valence-electron chi connectivity index (χ1n) is 7.80. The molecule has 0 amide bonds. The number of nitrogens with zero attached hydrogens (tertiary/aromatic N) is 3. The molecule has 0 radical (unpaired) electrons. The standard InChI is InChI=1S/C17H22N4/c1-3-18-14-6-4-5-7-15-13(14)11-20-17(21-15)16-10-12(2)8-9-19-16/h8-11,14,18H,3-7H2,1-2H3. The molecular formula is C17H22N4. The summed E-state index contributed by atoms with van der Waals surface area (Å²) in [7, 11) is 0. The summed E-state index contributed by atoms with van der Waals surface area (Å²) >= 11 is 0. The molecule has 0 saturated carbocycles. The maximum Gasteiger partial charge on any atom is 0.178 e. The van der Waals surface area contributed by atoms with E-state index < -0.39 is 0 Å². The minimum atomic E-state index is 0.395. The van der Waals surface area contributed by atoms with Crippen LogP contribution in [0.5, 0.6) is 0 Å². The summed E-state index contributed by atoms with van der Waals surface area (Å²) in [4.78, 5) is 13.8. The molecule has 4 nitrogen and oxygen atoms in total. The number of fused-ring (bicyclic) bond motifs is 1. The summed E-state index contributed by atoms with van der Waals surface area (Å²) in [5.41, 5.74) is 4.50. The highest BCUT2D eigenvalue weighted by molar-refractivity contribution is 5.50. The van der Waals surface area contributed by atoms with Crippen molar-refractivity contribution in [1.29, 1.82) is 0 Å². The Morgan fingerprint density at radius 1 is 1.29 bits per heavy atom. The molecule has 1 N–H and O–H groups in total. The first-order chi connectivity index (χ1) is 10.3. The lowest BCUT2D eigenvalue weighted by atomic mass is 10.0. The minimum absolute atomic E-state index is 0.395. The van der Waals surface area contributed by atoms with E-state index in [9.17, 15) is 0 Å². The lowest BCUT2D eigenvalue weighted by molar-refractivity contribution is 0.502. The van der Waals surface area contributed by atoms with Crippen LogP contribution in [0.25, 0.3) is 11.5 Å². The van der Waals surface area contributed by atoms with Gasteiger partial charge in [-0.15, -0.1) is 0 Å². The number of rotatable bonds is 3. The Hall–Kier alpha value is -1.81. The largest absolute Gasteiger partial charge is 0.310 e. The molecule has 2 aromatic heterocycles. The van der Waals surface area contributed by atoms with E-state index in [0.717, 1.165) is 24.5 Å². The second-order valence-corrected chi connectivity index (χ2v) is 5.67. The molecule has 0 saturated heterocycles. The highest BCUT2D eigenvalue weighted by Gasteiger charge is 2.20. The van der Waals surface area contributed by atoms with Crippen molar-refractivity contribution in [1.82, 2.24) is 20.3 Å². The maximum absolute atomic E-state index is 4.80. The fourth-order valence-corrected chi connectivity index (χ4v) is 2.95. The summed E-state index contributed by atoms with van der Waals surface area (Å²) in [5, 5.41) is 3.55. The molecule has 0 aromatic carbocycles.